The molecule has 3 heteroatoms. The van der Waals surface area contributed by atoms with Crippen LogP contribution in [0.25, 0.3) is 104 Å². The summed E-state index contributed by atoms with van der Waals surface area (Å²) in [5.74, 6) is 0. The Bertz CT molecular complexity index is 3080. The zero-order chi connectivity index (χ0) is 32.1. The lowest BCUT2D eigenvalue weighted by Gasteiger charge is -2.12. The van der Waals surface area contributed by atoms with Gasteiger partial charge in [0.15, 0.2) is 0 Å². The lowest BCUT2D eigenvalue weighted by molar-refractivity contribution is 1.31. The van der Waals surface area contributed by atoms with Crippen molar-refractivity contribution in [1.29, 1.82) is 0 Å². The summed E-state index contributed by atoms with van der Waals surface area (Å²) in [6.45, 7) is 0. The van der Waals surface area contributed by atoms with Gasteiger partial charge in [0.05, 0.1) is 27.6 Å². The van der Waals surface area contributed by atoms with Crippen LogP contribution in [0.3, 0.4) is 0 Å². The van der Waals surface area contributed by atoms with Gasteiger partial charge < -0.3 is 4.40 Å². The van der Waals surface area contributed by atoms with Crippen molar-refractivity contribution in [3.05, 3.63) is 164 Å². The lowest BCUT2D eigenvalue weighted by atomic mass is 9.92. The van der Waals surface area contributed by atoms with Crippen LogP contribution in [-0.4, -0.2) is 14.4 Å². The maximum Gasteiger partial charge on any atom is 0.0971 e. The molecule has 3 nitrogen and oxygen atoms in total. The van der Waals surface area contributed by atoms with Gasteiger partial charge >= 0.3 is 0 Å². The van der Waals surface area contributed by atoms with E-state index in [1.807, 2.05) is 0 Å². The first-order valence-electron chi connectivity index (χ1n) is 16.7. The second-order valence-electron chi connectivity index (χ2n) is 13.0. The predicted octanol–water partition coefficient (Wildman–Crippen LogP) is 12.1. The van der Waals surface area contributed by atoms with E-state index < -0.39 is 0 Å². The third-order valence-electron chi connectivity index (χ3n) is 10.4. The molecule has 11 aromatic rings. The van der Waals surface area contributed by atoms with E-state index in [1.165, 1.54) is 82.2 Å². The van der Waals surface area contributed by atoms with Crippen LogP contribution in [0.15, 0.2) is 164 Å². The Kier molecular flexibility index (Phi) is 5.38. The lowest BCUT2D eigenvalue weighted by Crippen LogP contribution is -1.89. The summed E-state index contributed by atoms with van der Waals surface area (Å²) in [6, 6.07) is 55.4. The van der Waals surface area contributed by atoms with Gasteiger partial charge in [0, 0.05) is 44.7 Å². The Morgan fingerprint density at radius 1 is 0.347 bits per heavy atom. The fraction of sp³-hybridized carbons (Fsp3) is 0. The highest BCUT2D eigenvalue weighted by Crippen LogP contribution is 2.44. The third-order valence-corrected chi connectivity index (χ3v) is 10.4. The highest BCUT2D eigenvalue weighted by Gasteiger charge is 2.20. The molecule has 0 saturated carbocycles. The normalized spacial score (nSPS) is 12.1. The van der Waals surface area contributed by atoms with Gasteiger partial charge in [-0.1, -0.05) is 121 Å². The van der Waals surface area contributed by atoms with Gasteiger partial charge in [-0.05, 0) is 74.5 Å². The van der Waals surface area contributed by atoms with Gasteiger partial charge in [-0.15, -0.1) is 0 Å². The van der Waals surface area contributed by atoms with Gasteiger partial charge in [0.1, 0.15) is 0 Å². The third kappa shape index (κ3) is 3.73. The van der Waals surface area contributed by atoms with Crippen molar-refractivity contribution in [2.24, 2.45) is 0 Å². The number of benzene rings is 8. The van der Waals surface area contributed by atoms with Crippen LogP contribution >= 0.6 is 0 Å². The SMILES string of the molecule is c1cc(-c2cccc(-c3ccc4c5ccccc5n5c6ccccc6c3c45)c2)cc(-c2ccc3c(c2)c2ccccc2c2nccnc32)c1. The van der Waals surface area contributed by atoms with E-state index in [-0.39, 0.29) is 0 Å². The van der Waals surface area contributed by atoms with Crippen molar-refractivity contribution < 1.29 is 0 Å². The molecule has 8 aromatic carbocycles. The van der Waals surface area contributed by atoms with Crippen LogP contribution in [0.4, 0.5) is 0 Å². The largest absolute Gasteiger partial charge is 0.308 e. The Hall–Kier alpha value is -6.58. The average molecular weight is 622 g/mol. The quantitative estimate of drug-likeness (QED) is 0.184. The first-order valence-corrected chi connectivity index (χ1v) is 16.7. The summed E-state index contributed by atoms with van der Waals surface area (Å²) >= 11 is 0. The molecular formula is C46H27N3. The zero-order valence-corrected chi connectivity index (χ0v) is 26.4. The highest BCUT2D eigenvalue weighted by molar-refractivity contribution is 6.27. The van der Waals surface area contributed by atoms with Gasteiger partial charge in [0.2, 0.25) is 0 Å². The van der Waals surface area contributed by atoms with Crippen LogP contribution in [0.1, 0.15) is 0 Å². The minimum Gasteiger partial charge on any atom is -0.308 e. The molecule has 0 fully saturated rings. The second-order valence-corrected chi connectivity index (χ2v) is 13.0. The van der Waals surface area contributed by atoms with E-state index in [2.05, 4.69) is 156 Å². The first-order chi connectivity index (χ1) is 24.3. The number of rotatable bonds is 3. The molecule has 0 amide bonds. The maximum atomic E-state index is 4.74. The number of hydrogen-bond donors (Lipinski definition) is 0. The van der Waals surface area contributed by atoms with Crippen LogP contribution in [0, 0.1) is 0 Å². The highest BCUT2D eigenvalue weighted by atomic mass is 14.9. The molecule has 0 N–H and O–H groups in total. The molecule has 3 heterocycles. The van der Waals surface area contributed by atoms with E-state index in [0.29, 0.717) is 0 Å². The monoisotopic (exact) mass is 621 g/mol. The van der Waals surface area contributed by atoms with E-state index in [4.69, 9.17) is 9.97 Å². The molecule has 0 aliphatic heterocycles. The molecular weight excluding hydrogens is 595 g/mol. The molecule has 0 saturated heterocycles. The molecule has 11 rings (SSSR count). The molecule has 0 aliphatic carbocycles. The van der Waals surface area contributed by atoms with E-state index in [9.17, 15) is 0 Å². The Morgan fingerprint density at radius 2 is 0.878 bits per heavy atom. The fourth-order valence-corrected chi connectivity index (χ4v) is 8.26. The second kappa shape index (κ2) is 9.96. The molecule has 0 bridgehead atoms. The summed E-state index contributed by atoms with van der Waals surface area (Å²) < 4.78 is 2.45. The zero-order valence-electron chi connectivity index (χ0n) is 26.4. The molecule has 226 valence electrons. The minimum atomic E-state index is 0.942. The van der Waals surface area contributed by atoms with Gasteiger partial charge in [-0.3, -0.25) is 9.97 Å². The number of nitrogens with zero attached hydrogens (tertiary/aromatic N) is 3. The van der Waals surface area contributed by atoms with E-state index in [0.717, 1.165) is 21.8 Å². The topological polar surface area (TPSA) is 30.2 Å². The van der Waals surface area contributed by atoms with E-state index >= 15 is 0 Å². The molecule has 0 radical (unpaired) electrons. The number of aromatic nitrogens is 3. The van der Waals surface area contributed by atoms with Gasteiger partial charge in [0.25, 0.3) is 0 Å². The van der Waals surface area contributed by atoms with Crippen molar-refractivity contribution in [1.82, 2.24) is 14.4 Å². The molecule has 0 aliphatic rings. The number of para-hydroxylation sites is 2. The Balaban J connectivity index is 1.07. The van der Waals surface area contributed by atoms with Crippen LogP contribution in [0.5, 0.6) is 0 Å². The molecule has 3 aromatic heterocycles. The number of hydrogen-bond acceptors (Lipinski definition) is 2. The molecule has 49 heavy (non-hydrogen) atoms. The standard InChI is InChI=1S/C46H27N3/c1-2-15-36-34(13-1)40-27-31(19-20-37(40)45-44(36)47-23-24-48-45)29-10-7-9-28(25-29)30-11-8-12-32(26-30)33-21-22-38-35-14-3-5-17-41(35)49-42-18-6-4-16-39(42)43(33)46(38)49/h1-27H. The van der Waals surface area contributed by atoms with Crippen LogP contribution in [0.2, 0.25) is 0 Å². The average Bonchev–Trinajstić information content (AvgIpc) is 3.71. The van der Waals surface area contributed by atoms with Crippen molar-refractivity contribution >= 4 is 70.7 Å². The van der Waals surface area contributed by atoms with Crippen LogP contribution < -0.4 is 0 Å². The molecule has 0 atom stereocenters. The predicted molar refractivity (Wildman–Crippen MR) is 206 cm³/mol. The first kappa shape index (κ1) is 26.5. The van der Waals surface area contributed by atoms with Crippen LogP contribution in [-0.2, 0) is 0 Å². The molecule has 0 unspecified atom stereocenters. The Labute approximate surface area is 281 Å². The van der Waals surface area contributed by atoms with Crippen molar-refractivity contribution in [3.8, 4) is 33.4 Å². The number of fused-ring (bicyclic) bond motifs is 12. The summed E-state index contributed by atoms with van der Waals surface area (Å²) in [5, 5.41) is 9.85. The fourth-order valence-electron chi connectivity index (χ4n) is 8.26. The van der Waals surface area contributed by atoms with Gasteiger partial charge in [-0.2, -0.15) is 0 Å². The smallest absolute Gasteiger partial charge is 0.0971 e. The summed E-state index contributed by atoms with van der Waals surface area (Å²) in [4.78, 5) is 9.44. The van der Waals surface area contributed by atoms with Crippen molar-refractivity contribution in [3.63, 3.8) is 0 Å². The van der Waals surface area contributed by atoms with E-state index in [1.54, 1.807) is 12.4 Å². The summed E-state index contributed by atoms with van der Waals surface area (Å²) in [7, 11) is 0. The summed E-state index contributed by atoms with van der Waals surface area (Å²) in [6.07, 6.45) is 3.56. The Morgan fingerprint density at radius 3 is 1.61 bits per heavy atom. The summed E-state index contributed by atoms with van der Waals surface area (Å²) in [5.41, 5.74) is 12.9. The van der Waals surface area contributed by atoms with Crippen molar-refractivity contribution in [2.75, 3.05) is 0 Å². The minimum absolute atomic E-state index is 0.942. The van der Waals surface area contributed by atoms with Gasteiger partial charge in [-0.25, -0.2) is 0 Å². The van der Waals surface area contributed by atoms with Crippen molar-refractivity contribution in [2.45, 2.75) is 0 Å². The molecule has 0 spiro atoms. The maximum absolute atomic E-state index is 4.74.